The van der Waals surface area contributed by atoms with Gasteiger partial charge in [-0.15, -0.1) is 0 Å². The van der Waals surface area contributed by atoms with E-state index in [2.05, 4.69) is 17.1 Å². The summed E-state index contributed by atoms with van der Waals surface area (Å²) in [6.07, 6.45) is 1.82. The fourth-order valence-corrected chi connectivity index (χ4v) is 3.02. The van der Waals surface area contributed by atoms with Crippen molar-refractivity contribution in [1.29, 1.82) is 0 Å². The van der Waals surface area contributed by atoms with Gasteiger partial charge in [-0.1, -0.05) is 30.3 Å². The van der Waals surface area contributed by atoms with Crippen molar-refractivity contribution in [2.24, 2.45) is 0 Å². The Bertz CT molecular complexity index is 828. The van der Waals surface area contributed by atoms with Gasteiger partial charge in [-0.25, -0.2) is 4.21 Å². The van der Waals surface area contributed by atoms with Crippen molar-refractivity contribution in [2.75, 3.05) is 0 Å². The predicted octanol–water partition coefficient (Wildman–Crippen LogP) is 3.91. The van der Waals surface area contributed by atoms with Gasteiger partial charge in [-0.3, -0.25) is 4.98 Å². The van der Waals surface area contributed by atoms with E-state index in [1.807, 2.05) is 37.3 Å². The van der Waals surface area contributed by atoms with Gasteiger partial charge in [0.25, 0.3) is 0 Å². The first kappa shape index (κ1) is 14.9. The molecule has 112 valence electrons. The van der Waals surface area contributed by atoms with Crippen LogP contribution < -0.4 is 0 Å². The fraction of sp³-hybridized carbons (Fsp3) is 0.167. The van der Waals surface area contributed by atoms with Gasteiger partial charge in [0.05, 0.1) is 10.4 Å². The normalized spacial score (nSPS) is 12.5. The highest BCUT2D eigenvalue weighted by molar-refractivity contribution is 7.79. The molecule has 1 unspecified atom stereocenters. The first-order valence-electron chi connectivity index (χ1n) is 7.18. The molecule has 0 bridgehead atoms. The summed E-state index contributed by atoms with van der Waals surface area (Å²) in [5.74, 6) is 0. The summed E-state index contributed by atoms with van der Waals surface area (Å²) in [6.45, 7) is 2.02. The highest BCUT2D eigenvalue weighted by atomic mass is 32.2. The second-order valence-electron chi connectivity index (χ2n) is 5.33. The maximum atomic E-state index is 11.0. The Labute approximate surface area is 132 Å². The van der Waals surface area contributed by atoms with Crippen LogP contribution in [0.25, 0.3) is 10.9 Å². The molecule has 3 aromatic rings. The number of aryl methyl sites for hydroxylation is 3. The van der Waals surface area contributed by atoms with Gasteiger partial charge in [0.2, 0.25) is 0 Å². The molecule has 0 fully saturated rings. The fourth-order valence-electron chi connectivity index (χ4n) is 2.65. The molecule has 3 rings (SSSR count). The molecule has 0 radical (unpaired) electrons. The lowest BCUT2D eigenvalue weighted by molar-refractivity contribution is 0.564. The number of rotatable bonds is 4. The zero-order chi connectivity index (χ0) is 15.5. The average Bonchev–Trinajstić information content (AvgIpc) is 2.52. The van der Waals surface area contributed by atoms with Crippen LogP contribution in [0.5, 0.6) is 0 Å². The zero-order valence-electron chi connectivity index (χ0n) is 12.3. The van der Waals surface area contributed by atoms with E-state index in [1.165, 1.54) is 10.9 Å². The summed E-state index contributed by atoms with van der Waals surface area (Å²) in [6, 6.07) is 17.6. The third-order valence-corrected chi connectivity index (χ3v) is 4.41. The standard InChI is InChI=1S/C18H17NO2S/c1-13-12-15(17-4-2-3-5-18(17)19-13)9-6-14-7-10-16(11-8-14)22(20)21/h2-5,7-8,10-12H,6,9H2,1H3,(H,20,21). The van der Waals surface area contributed by atoms with Gasteiger partial charge in [-0.2, -0.15) is 0 Å². The molecular formula is C18H17NO2S. The third-order valence-electron chi connectivity index (χ3n) is 3.74. The first-order chi connectivity index (χ1) is 10.6. The Balaban J connectivity index is 1.83. The lowest BCUT2D eigenvalue weighted by Crippen LogP contribution is -1.96. The van der Waals surface area contributed by atoms with Crippen molar-refractivity contribution in [2.45, 2.75) is 24.7 Å². The summed E-state index contributed by atoms with van der Waals surface area (Å²) >= 11 is -1.91. The summed E-state index contributed by atoms with van der Waals surface area (Å²) in [4.78, 5) is 5.00. The highest BCUT2D eigenvalue weighted by Crippen LogP contribution is 2.20. The number of para-hydroxylation sites is 1. The molecule has 0 saturated carbocycles. The zero-order valence-corrected chi connectivity index (χ0v) is 13.1. The van der Waals surface area contributed by atoms with Gasteiger partial charge in [-0.05, 0) is 55.2 Å². The van der Waals surface area contributed by atoms with Crippen molar-refractivity contribution < 1.29 is 8.76 Å². The Morgan fingerprint density at radius 1 is 1.05 bits per heavy atom. The minimum Gasteiger partial charge on any atom is -0.302 e. The lowest BCUT2D eigenvalue weighted by atomic mass is 10.0. The second-order valence-corrected chi connectivity index (χ2v) is 6.30. The average molecular weight is 311 g/mol. The van der Waals surface area contributed by atoms with Crippen LogP contribution in [-0.2, 0) is 23.9 Å². The van der Waals surface area contributed by atoms with Crippen molar-refractivity contribution in [1.82, 2.24) is 4.98 Å². The molecule has 1 heterocycles. The molecule has 0 aliphatic rings. The van der Waals surface area contributed by atoms with Crippen LogP contribution in [0.3, 0.4) is 0 Å². The quantitative estimate of drug-likeness (QED) is 0.743. The molecular weight excluding hydrogens is 294 g/mol. The molecule has 2 aromatic carbocycles. The molecule has 1 atom stereocenters. The molecule has 3 nitrogen and oxygen atoms in total. The van der Waals surface area contributed by atoms with Gasteiger partial charge in [0.1, 0.15) is 0 Å². The molecule has 0 aliphatic carbocycles. The third kappa shape index (κ3) is 3.24. The SMILES string of the molecule is Cc1cc(CCc2ccc(S(=O)O)cc2)c2ccccc2n1. The number of fused-ring (bicyclic) bond motifs is 1. The van der Waals surface area contributed by atoms with E-state index >= 15 is 0 Å². The number of benzene rings is 2. The molecule has 1 N–H and O–H groups in total. The van der Waals surface area contributed by atoms with Gasteiger partial charge < -0.3 is 4.55 Å². The number of hydrogen-bond donors (Lipinski definition) is 1. The summed E-state index contributed by atoms with van der Waals surface area (Å²) in [7, 11) is 0. The van der Waals surface area contributed by atoms with Crippen molar-refractivity contribution in [3.8, 4) is 0 Å². The van der Waals surface area contributed by atoms with E-state index in [4.69, 9.17) is 4.55 Å². The second kappa shape index (κ2) is 6.38. The Hall–Kier alpha value is -2.04. The predicted molar refractivity (Wildman–Crippen MR) is 89.4 cm³/mol. The van der Waals surface area contributed by atoms with Crippen molar-refractivity contribution >= 4 is 22.0 Å². The van der Waals surface area contributed by atoms with Crippen LogP contribution in [0, 0.1) is 6.92 Å². The minimum absolute atomic E-state index is 0.439. The van der Waals surface area contributed by atoms with Crippen molar-refractivity contribution in [3.05, 3.63) is 71.4 Å². The summed E-state index contributed by atoms with van der Waals surface area (Å²) < 4.78 is 20.0. The summed E-state index contributed by atoms with van der Waals surface area (Å²) in [5, 5.41) is 1.20. The molecule has 22 heavy (non-hydrogen) atoms. The molecule has 0 amide bonds. The van der Waals surface area contributed by atoms with Crippen LogP contribution in [0.2, 0.25) is 0 Å². The Morgan fingerprint density at radius 2 is 1.77 bits per heavy atom. The Morgan fingerprint density at radius 3 is 2.50 bits per heavy atom. The molecule has 0 saturated heterocycles. The first-order valence-corrected chi connectivity index (χ1v) is 8.29. The van der Waals surface area contributed by atoms with Gasteiger partial charge in [0, 0.05) is 11.1 Å². The lowest BCUT2D eigenvalue weighted by Gasteiger charge is -2.08. The van der Waals surface area contributed by atoms with Crippen LogP contribution in [0.15, 0.2) is 59.5 Å². The topological polar surface area (TPSA) is 50.2 Å². The van der Waals surface area contributed by atoms with Crippen molar-refractivity contribution in [3.63, 3.8) is 0 Å². The monoisotopic (exact) mass is 311 g/mol. The van der Waals surface area contributed by atoms with Crippen LogP contribution in [0.1, 0.15) is 16.8 Å². The molecule has 0 spiro atoms. The van der Waals surface area contributed by atoms with E-state index in [-0.39, 0.29) is 0 Å². The molecule has 1 aromatic heterocycles. The number of pyridine rings is 1. The molecule has 0 aliphatic heterocycles. The van der Waals surface area contributed by atoms with E-state index in [1.54, 1.807) is 12.1 Å². The smallest absolute Gasteiger partial charge is 0.186 e. The number of hydrogen-bond acceptors (Lipinski definition) is 2. The Kier molecular flexibility index (Phi) is 4.32. The minimum atomic E-state index is -1.91. The number of aromatic nitrogens is 1. The summed E-state index contributed by atoms with van der Waals surface area (Å²) in [5.41, 5.74) is 4.51. The van der Waals surface area contributed by atoms with Gasteiger partial charge >= 0.3 is 0 Å². The van der Waals surface area contributed by atoms with Crippen LogP contribution in [-0.4, -0.2) is 13.7 Å². The van der Waals surface area contributed by atoms with Crippen LogP contribution in [0.4, 0.5) is 0 Å². The largest absolute Gasteiger partial charge is 0.302 e. The van der Waals surface area contributed by atoms with Gasteiger partial charge in [0.15, 0.2) is 11.1 Å². The maximum Gasteiger partial charge on any atom is 0.186 e. The van der Waals surface area contributed by atoms with E-state index in [9.17, 15) is 4.21 Å². The van der Waals surface area contributed by atoms with Crippen LogP contribution >= 0.6 is 0 Å². The van der Waals surface area contributed by atoms with E-state index in [0.29, 0.717) is 4.90 Å². The highest BCUT2D eigenvalue weighted by Gasteiger charge is 2.05. The van der Waals surface area contributed by atoms with E-state index < -0.39 is 11.1 Å². The molecule has 4 heteroatoms. The van der Waals surface area contributed by atoms with E-state index in [0.717, 1.165) is 29.6 Å². The number of nitrogens with zero attached hydrogens (tertiary/aromatic N) is 1. The maximum absolute atomic E-state index is 11.0.